The Kier molecular flexibility index (Phi) is 6.03. The molecule has 0 radical (unpaired) electrons. The van der Waals surface area contributed by atoms with E-state index in [2.05, 4.69) is 24.5 Å². The number of rotatable bonds is 6. The van der Waals surface area contributed by atoms with Crippen LogP contribution in [0.15, 0.2) is 24.3 Å². The van der Waals surface area contributed by atoms with E-state index < -0.39 is 5.97 Å². The standard InChI is InChI=1S/C15H22N2O3/c1-10(2)7-11(3)16-15(20)17-13-6-4-5-12(8-13)9-14(18)19/h4-6,8,10-11H,7,9H2,1-3H3,(H,18,19)(H2,16,17,20). The summed E-state index contributed by atoms with van der Waals surface area (Å²) in [5, 5.41) is 14.3. The minimum absolute atomic E-state index is 0.0547. The van der Waals surface area contributed by atoms with E-state index in [1.54, 1.807) is 24.3 Å². The predicted octanol–water partition coefficient (Wildman–Crippen LogP) is 2.87. The molecule has 5 heteroatoms. The van der Waals surface area contributed by atoms with Crippen molar-refractivity contribution >= 4 is 17.7 Å². The van der Waals surface area contributed by atoms with Gasteiger partial charge in [0.15, 0.2) is 0 Å². The first-order valence-electron chi connectivity index (χ1n) is 6.75. The Morgan fingerprint density at radius 1 is 1.25 bits per heavy atom. The summed E-state index contributed by atoms with van der Waals surface area (Å²) in [7, 11) is 0. The average Bonchev–Trinajstić information content (AvgIpc) is 2.26. The molecular formula is C15H22N2O3. The number of carbonyl (C=O) groups excluding carboxylic acids is 1. The fraction of sp³-hybridized carbons (Fsp3) is 0.467. The Morgan fingerprint density at radius 2 is 1.95 bits per heavy atom. The molecule has 3 N–H and O–H groups in total. The molecule has 0 aliphatic heterocycles. The fourth-order valence-electron chi connectivity index (χ4n) is 2.09. The van der Waals surface area contributed by atoms with E-state index in [4.69, 9.17) is 5.11 Å². The second kappa shape index (κ2) is 7.53. The number of hydrogen-bond acceptors (Lipinski definition) is 2. The van der Waals surface area contributed by atoms with Crippen molar-refractivity contribution in [2.45, 2.75) is 39.7 Å². The highest BCUT2D eigenvalue weighted by atomic mass is 16.4. The van der Waals surface area contributed by atoms with Gasteiger partial charge in [-0.05, 0) is 37.0 Å². The largest absolute Gasteiger partial charge is 0.481 e. The molecule has 0 saturated carbocycles. The summed E-state index contributed by atoms with van der Waals surface area (Å²) < 4.78 is 0. The number of urea groups is 1. The van der Waals surface area contributed by atoms with Crippen molar-refractivity contribution in [3.05, 3.63) is 29.8 Å². The van der Waals surface area contributed by atoms with Crippen molar-refractivity contribution in [1.29, 1.82) is 0 Å². The molecule has 0 bridgehead atoms. The van der Waals surface area contributed by atoms with Crippen molar-refractivity contribution in [2.75, 3.05) is 5.32 Å². The molecule has 110 valence electrons. The number of carboxylic acids is 1. The third-order valence-corrected chi connectivity index (χ3v) is 2.74. The minimum Gasteiger partial charge on any atom is -0.481 e. The molecule has 5 nitrogen and oxygen atoms in total. The summed E-state index contributed by atoms with van der Waals surface area (Å²) in [4.78, 5) is 22.4. The van der Waals surface area contributed by atoms with E-state index in [1.807, 2.05) is 6.92 Å². The number of hydrogen-bond donors (Lipinski definition) is 3. The highest BCUT2D eigenvalue weighted by molar-refractivity contribution is 5.89. The molecule has 0 spiro atoms. The first-order chi connectivity index (χ1) is 9.36. The minimum atomic E-state index is -0.892. The fourth-order valence-corrected chi connectivity index (χ4v) is 2.09. The number of aliphatic carboxylic acids is 1. The zero-order valence-electron chi connectivity index (χ0n) is 12.1. The van der Waals surface area contributed by atoms with Crippen LogP contribution in [-0.2, 0) is 11.2 Å². The predicted molar refractivity (Wildman–Crippen MR) is 78.9 cm³/mol. The molecule has 0 heterocycles. The van der Waals surface area contributed by atoms with Crippen LogP contribution in [0.1, 0.15) is 32.8 Å². The van der Waals surface area contributed by atoms with Crippen LogP contribution in [0.3, 0.4) is 0 Å². The van der Waals surface area contributed by atoms with Gasteiger partial charge in [0.05, 0.1) is 6.42 Å². The Labute approximate surface area is 119 Å². The molecule has 0 aromatic heterocycles. The molecule has 1 atom stereocenters. The molecule has 20 heavy (non-hydrogen) atoms. The molecule has 0 saturated heterocycles. The summed E-state index contributed by atoms with van der Waals surface area (Å²) in [6.45, 7) is 6.16. The highest BCUT2D eigenvalue weighted by Gasteiger charge is 2.09. The van der Waals surface area contributed by atoms with Gasteiger partial charge in [-0.3, -0.25) is 4.79 Å². The Hall–Kier alpha value is -2.04. The summed E-state index contributed by atoms with van der Waals surface area (Å²) >= 11 is 0. The lowest BCUT2D eigenvalue weighted by atomic mass is 10.1. The molecule has 2 amide bonds. The van der Waals surface area contributed by atoms with Crippen molar-refractivity contribution in [3.63, 3.8) is 0 Å². The lowest BCUT2D eigenvalue weighted by Gasteiger charge is -2.16. The molecule has 1 unspecified atom stereocenters. The first-order valence-corrected chi connectivity index (χ1v) is 6.75. The molecule has 1 rings (SSSR count). The van der Waals surface area contributed by atoms with Crippen molar-refractivity contribution in [3.8, 4) is 0 Å². The van der Waals surface area contributed by atoms with Gasteiger partial charge in [0.1, 0.15) is 0 Å². The summed E-state index contributed by atoms with van der Waals surface area (Å²) in [6.07, 6.45) is 0.855. The van der Waals surface area contributed by atoms with Crippen LogP contribution in [0.5, 0.6) is 0 Å². The van der Waals surface area contributed by atoms with Crippen LogP contribution in [0.4, 0.5) is 10.5 Å². The Morgan fingerprint density at radius 3 is 2.55 bits per heavy atom. The quantitative estimate of drug-likeness (QED) is 0.748. The zero-order chi connectivity index (χ0) is 15.1. The summed E-state index contributed by atoms with van der Waals surface area (Å²) in [5.41, 5.74) is 1.25. The van der Waals surface area contributed by atoms with Gasteiger partial charge in [-0.2, -0.15) is 0 Å². The van der Waals surface area contributed by atoms with Gasteiger partial charge in [-0.1, -0.05) is 26.0 Å². The number of nitrogens with one attached hydrogen (secondary N) is 2. The van der Waals surface area contributed by atoms with E-state index >= 15 is 0 Å². The Bertz CT molecular complexity index is 472. The van der Waals surface area contributed by atoms with Crippen molar-refractivity contribution in [2.24, 2.45) is 5.92 Å². The monoisotopic (exact) mass is 278 g/mol. The van der Waals surface area contributed by atoms with Gasteiger partial charge in [-0.25, -0.2) is 4.79 Å². The smallest absolute Gasteiger partial charge is 0.319 e. The molecule has 1 aromatic carbocycles. The van der Waals surface area contributed by atoms with Gasteiger partial charge in [0, 0.05) is 11.7 Å². The van der Waals surface area contributed by atoms with Crippen LogP contribution in [0.2, 0.25) is 0 Å². The number of benzene rings is 1. The van der Waals surface area contributed by atoms with E-state index in [0.29, 0.717) is 17.2 Å². The van der Waals surface area contributed by atoms with Crippen LogP contribution in [-0.4, -0.2) is 23.1 Å². The van der Waals surface area contributed by atoms with E-state index in [1.165, 1.54) is 0 Å². The highest BCUT2D eigenvalue weighted by Crippen LogP contribution is 2.11. The second-order valence-corrected chi connectivity index (χ2v) is 5.40. The van der Waals surface area contributed by atoms with E-state index in [-0.39, 0.29) is 18.5 Å². The van der Waals surface area contributed by atoms with Crippen molar-refractivity contribution in [1.82, 2.24) is 5.32 Å². The van der Waals surface area contributed by atoms with Crippen LogP contribution in [0.25, 0.3) is 0 Å². The third kappa shape index (κ3) is 6.22. The maximum atomic E-state index is 11.8. The maximum Gasteiger partial charge on any atom is 0.319 e. The van der Waals surface area contributed by atoms with Gasteiger partial charge in [-0.15, -0.1) is 0 Å². The van der Waals surface area contributed by atoms with Crippen LogP contribution in [0, 0.1) is 5.92 Å². The van der Waals surface area contributed by atoms with Gasteiger partial charge in [0.2, 0.25) is 0 Å². The normalized spacial score (nSPS) is 12.0. The van der Waals surface area contributed by atoms with Crippen LogP contribution < -0.4 is 10.6 Å². The van der Waals surface area contributed by atoms with Crippen LogP contribution >= 0.6 is 0 Å². The molecule has 0 aliphatic carbocycles. The summed E-state index contributed by atoms with van der Waals surface area (Å²) in [5.74, 6) is -0.374. The molecular weight excluding hydrogens is 256 g/mol. The zero-order valence-corrected chi connectivity index (χ0v) is 12.1. The number of carbonyl (C=O) groups is 2. The van der Waals surface area contributed by atoms with Gasteiger partial charge >= 0.3 is 12.0 Å². The Balaban J connectivity index is 2.55. The number of carboxylic acid groups (broad SMARTS) is 1. The van der Waals surface area contributed by atoms with Gasteiger partial charge in [0.25, 0.3) is 0 Å². The summed E-state index contributed by atoms with van der Waals surface area (Å²) in [6, 6.07) is 6.67. The third-order valence-electron chi connectivity index (χ3n) is 2.74. The lowest BCUT2D eigenvalue weighted by Crippen LogP contribution is -2.36. The SMILES string of the molecule is CC(C)CC(C)NC(=O)Nc1cccc(CC(=O)O)c1. The number of amides is 2. The van der Waals surface area contributed by atoms with E-state index in [9.17, 15) is 9.59 Å². The first kappa shape index (κ1) is 16.0. The maximum absolute atomic E-state index is 11.8. The van der Waals surface area contributed by atoms with Crippen molar-refractivity contribution < 1.29 is 14.7 Å². The molecule has 1 aromatic rings. The molecule has 0 aliphatic rings. The average molecular weight is 278 g/mol. The van der Waals surface area contributed by atoms with Gasteiger partial charge < -0.3 is 15.7 Å². The topological polar surface area (TPSA) is 78.4 Å². The second-order valence-electron chi connectivity index (χ2n) is 5.40. The number of anilines is 1. The van der Waals surface area contributed by atoms with E-state index in [0.717, 1.165) is 6.42 Å². The lowest BCUT2D eigenvalue weighted by molar-refractivity contribution is -0.136. The molecule has 0 fully saturated rings.